The van der Waals surface area contributed by atoms with Crippen molar-refractivity contribution in [2.75, 3.05) is 56.2 Å². The maximum absolute atomic E-state index is 13.7. The van der Waals surface area contributed by atoms with E-state index in [9.17, 15) is 8.42 Å². The normalized spacial score (nSPS) is 17.0. The van der Waals surface area contributed by atoms with Crippen LogP contribution in [-0.2, 0) is 16.4 Å². The average molecular weight is 441 g/mol. The number of aryl methyl sites for hydroxylation is 1. The molecular formula is C23H28N4O3S. The first-order valence-electron chi connectivity index (χ1n) is 10.8. The van der Waals surface area contributed by atoms with Crippen molar-refractivity contribution in [3.63, 3.8) is 0 Å². The van der Waals surface area contributed by atoms with Gasteiger partial charge in [0.2, 0.25) is 0 Å². The van der Waals surface area contributed by atoms with Crippen molar-refractivity contribution in [3.8, 4) is 5.75 Å². The monoisotopic (exact) mass is 440 g/mol. The van der Waals surface area contributed by atoms with Crippen LogP contribution in [0.5, 0.6) is 5.75 Å². The Kier molecular flexibility index (Phi) is 5.06. The van der Waals surface area contributed by atoms with E-state index in [2.05, 4.69) is 34.2 Å². The Morgan fingerprint density at radius 1 is 1.06 bits per heavy atom. The van der Waals surface area contributed by atoms with Crippen LogP contribution in [0.2, 0.25) is 0 Å². The molecular weight excluding hydrogens is 412 g/mol. The Labute approximate surface area is 183 Å². The molecule has 7 nitrogen and oxygen atoms in total. The van der Waals surface area contributed by atoms with Crippen LogP contribution in [0.3, 0.4) is 0 Å². The Morgan fingerprint density at radius 2 is 1.87 bits per heavy atom. The van der Waals surface area contributed by atoms with Crippen LogP contribution >= 0.6 is 0 Å². The van der Waals surface area contributed by atoms with Gasteiger partial charge in [0.1, 0.15) is 12.4 Å². The van der Waals surface area contributed by atoms with E-state index >= 15 is 0 Å². The minimum Gasteiger partial charge on any atom is -0.490 e. The molecule has 8 heteroatoms. The summed E-state index contributed by atoms with van der Waals surface area (Å²) in [5.74, 6) is 0.614. The molecule has 1 saturated heterocycles. The molecule has 2 aromatic carbocycles. The van der Waals surface area contributed by atoms with Crippen molar-refractivity contribution in [2.24, 2.45) is 0 Å². The summed E-state index contributed by atoms with van der Waals surface area (Å²) in [4.78, 5) is 4.62. The van der Waals surface area contributed by atoms with E-state index in [1.54, 1.807) is 18.3 Å². The van der Waals surface area contributed by atoms with Gasteiger partial charge in [0.15, 0.2) is 0 Å². The number of nitrogens with one attached hydrogen (secondary N) is 1. The van der Waals surface area contributed by atoms with Gasteiger partial charge in [-0.25, -0.2) is 12.4 Å². The van der Waals surface area contributed by atoms with E-state index < -0.39 is 10.0 Å². The number of aromatic nitrogens is 1. The van der Waals surface area contributed by atoms with Gasteiger partial charge in [-0.15, -0.1) is 0 Å². The second-order valence-electron chi connectivity index (χ2n) is 8.15. The van der Waals surface area contributed by atoms with E-state index in [1.807, 2.05) is 19.2 Å². The number of ether oxygens (including phenoxy) is 1. The maximum atomic E-state index is 13.7. The molecule has 0 atom stereocenters. The zero-order valence-corrected chi connectivity index (χ0v) is 18.8. The van der Waals surface area contributed by atoms with Crippen molar-refractivity contribution in [3.05, 3.63) is 48.2 Å². The second kappa shape index (κ2) is 7.76. The zero-order chi connectivity index (χ0) is 21.6. The lowest BCUT2D eigenvalue weighted by atomic mass is 10.1. The standard InChI is InChI=1S/C23H28N4O3S/c1-3-17-16-27(22-14-18(4-6-20(17)22)26-10-8-24-9-11-26)31(28,29)19-5-7-21-23(15-19)30-13-12-25(21)2/h4-7,14-16,24H,3,8-13H2,1-2H3. The highest BCUT2D eigenvalue weighted by Gasteiger charge is 2.25. The minimum absolute atomic E-state index is 0.244. The lowest BCUT2D eigenvalue weighted by molar-refractivity contribution is 0.310. The molecule has 2 aliphatic rings. The van der Waals surface area contributed by atoms with E-state index in [0.717, 1.165) is 67.0 Å². The van der Waals surface area contributed by atoms with Crippen LogP contribution in [0.1, 0.15) is 12.5 Å². The molecule has 5 rings (SSSR count). The molecule has 2 aliphatic heterocycles. The van der Waals surface area contributed by atoms with E-state index in [1.165, 1.54) is 3.97 Å². The third kappa shape index (κ3) is 3.43. The topological polar surface area (TPSA) is 66.8 Å². The van der Waals surface area contributed by atoms with Crippen LogP contribution < -0.4 is 19.9 Å². The number of piperazine rings is 1. The smallest absolute Gasteiger partial charge is 0.268 e. The van der Waals surface area contributed by atoms with Crippen molar-refractivity contribution in [1.29, 1.82) is 0 Å². The maximum Gasteiger partial charge on any atom is 0.268 e. The number of hydrogen-bond acceptors (Lipinski definition) is 6. The fourth-order valence-corrected chi connectivity index (χ4v) is 5.87. The van der Waals surface area contributed by atoms with Crippen molar-refractivity contribution in [2.45, 2.75) is 18.2 Å². The molecule has 0 unspecified atom stereocenters. The van der Waals surface area contributed by atoms with Crippen LogP contribution in [0, 0.1) is 0 Å². The fraction of sp³-hybridized carbons (Fsp3) is 0.391. The van der Waals surface area contributed by atoms with E-state index in [0.29, 0.717) is 12.4 Å². The number of rotatable bonds is 4. The Morgan fingerprint density at radius 3 is 2.65 bits per heavy atom. The molecule has 1 N–H and O–H groups in total. The van der Waals surface area contributed by atoms with Crippen molar-refractivity contribution >= 4 is 32.3 Å². The predicted molar refractivity (Wildman–Crippen MR) is 124 cm³/mol. The number of nitrogens with zero attached hydrogens (tertiary/aromatic N) is 3. The molecule has 0 radical (unpaired) electrons. The highest BCUT2D eigenvalue weighted by Crippen LogP contribution is 2.35. The van der Waals surface area contributed by atoms with Gasteiger partial charge in [-0.3, -0.25) is 0 Å². The second-order valence-corrected chi connectivity index (χ2v) is 9.96. The van der Waals surface area contributed by atoms with Gasteiger partial charge < -0.3 is 19.9 Å². The van der Waals surface area contributed by atoms with Gasteiger partial charge in [-0.05, 0) is 36.2 Å². The molecule has 3 heterocycles. The summed E-state index contributed by atoms with van der Waals surface area (Å²) in [6.07, 6.45) is 2.54. The number of benzene rings is 2. The summed E-state index contributed by atoms with van der Waals surface area (Å²) in [5, 5.41) is 4.35. The third-order valence-corrected chi connectivity index (χ3v) is 7.95. The summed E-state index contributed by atoms with van der Waals surface area (Å²) in [6.45, 7) is 7.08. The average Bonchev–Trinajstić information content (AvgIpc) is 3.18. The molecule has 164 valence electrons. The Bertz CT molecular complexity index is 1230. The van der Waals surface area contributed by atoms with Crippen molar-refractivity contribution in [1.82, 2.24) is 9.29 Å². The van der Waals surface area contributed by atoms with Gasteiger partial charge in [-0.2, -0.15) is 0 Å². The summed E-state index contributed by atoms with van der Waals surface area (Å²) in [7, 11) is -1.78. The summed E-state index contributed by atoms with van der Waals surface area (Å²) < 4.78 is 34.6. The molecule has 0 saturated carbocycles. The molecule has 31 heavy (non-hydrogen) atoms. The number of hydrogen-bond donors (Lipinski definition) is 1. The Hall–Kier alpha value is -2.71. The quantitative estimate of drug-likeness (QED) is 0.673. The summed E-state index contributed by atoms with van der Waals surface area (Å²) >= 11 is 0. The van der Waals surface area contributed by atoms with Crippen LogP contribution in [0.4, 0.5) is 11.4 Å². The van der Waals surface area contributed by atoms with Gasteiger partial charge in [0.25, 0.3) is 10.0 Å². The SMILES string of the molecule is CCc1cn(S(=O)(=O)c2ccc3c(c2)OCCN3C)c2cc(N3CCNCC3)ccc12. The van der Waals surface area contributed by atoms with Crippen molar-refractivity contribution < 1.29 is 13.2 Å². The van der Waals surface area contributed by atoms with Crippen LogP contribution in [0.15, 0.2) is 47.5 Å². The minimum atomic E-state index is -3.77. The zero-order valence-electron chi connectivity index (χ0n) is 18.0. The third-order valence-electron chi connectivity index (χ3n) is 6.28. The molecule has 0 amide bonds. The van der Waals surface area contributed by atoms with Gasteiger partial charge in [-0.1, -0.05) is 13.0 Å². The highest BCUT2D eigenvalue weighted by atomic mass is 32.2. The van der Waals surface area contributed by atoms with Crippen LogP contribution in [0.25, 0.3) is 10.9 Å². The first-order chi connectivity index (χ1) is 15.0. The lowest BCUT2D eigenvalue weighted by Crippen LogP contribution is -2.43. The van der Waals surface area contributed by atoms with Crippen LogP contribution in [-0.4, -0.2) is 58.8 Å². The number of anilines is 2. The summed E-state index contributed by atoms with van der Waals surface area (Å²) in [6, 6.07) is 11.3. The van der Waals surface area contributed by atoms with E-state index in [-0.39, 0.29) is 4.90 Å². The number of likely N-dealkylation sites (N-methyl/N-ethyl adjacent to an activating group) is 1. The molecule has 0 spiro atoms. The molecule has 1 aromatic heterocycles. The van der Waals surface area contributed by atoms with Gasteiger partial charge >= 0.3 is 0 Å². The van der Waals surface area contributed by atoms with Gasteiger partial charge in [0, 0.05) is 56.6 Å². The summed E-state index contributed by atoms with van der Waals surface area (Å²) in [5.41, 5.74) is 3.72. The first kappa shape index (κ1) is 20.2. The van der Waals surface area contributed by atoms with E-state index in [4.69, 9.17) is 4.74 Å². The molecule has 1 fully saturated rings. The van der Waals surface area contributed by atoms with Gasteiger partial charge in [0.05, 0.1) is 22.6 Å². The molecule has 3 aromatic rings. The molecule has 0 aliphatic carbocycles. The first-order valence-corrected chi connectivity index (χ1v) is 12.3. The largest absolute Gasteiger partial charge is 0.490 e. The molecule has 0 bridgehead atoms. The Balaban J connectivity index is 1.62. The highest BCUT2D eigenvalue weighted by molar-refractivity contribution is 7.90. The fourth-order valence-electron chi connectivity index (χ4n) is 4.47. The predicted octanol–water partition coefficient (Wildman–Crippen LogP) is 2.68. The number of fused-ring (bicyclic) bond motifs is 2. The lowest BCUT2D eigenvalue weighted by Gasteiger charge is -2.29.